The molecule has 0 saturated carbocycles. The van der Waals surface area contributed by atoms with E-state index in [1.54, 1.807) is 36.4 Å². The minimum Gasteiger partial charge on any atom is -0.492 e. The monoisotopic (exact) mass is 416 g/mol. The predicted molar refractivity (Wildman–Crippen MR) is 97.7 cm³/mol. The van der Waals surface area contributed by atoms with Crippen LogP contribution in [-0.2, 0) is 0 Å². The Kier molecular flexibility index (Phi) is 7.02. The molecule has 0 aliphatic carbocycles. The third-order valence-electron chi connectivity index (χ3n) is 2.88. The summed E-state index contributed by atoms with van der Waals surface area (Å²) in [7, 11) is 0. The van der Waals surface area contributed by atoms with E-state index >= 15 is 0 Å². The zero-order valence-electron chi connectivity index (χ0n) is 12.1. The summed E-state index contributed by atoms with van der Waals surface area (Å²) in [6.07, 6.45) is 0.655. The van der Waals surface area contributed by atoms with E-state index in [0.717, 1.165) is 4.47 Å². The van der Waals surface area contributed by atoms with Crippen LogP contribution >= 0.6 is 39.1 Å². The number of anilines is 1. The van der Waals surface area contributed by atoms with Crippen LogP contribution in [0.15, 0.2) is 46.9 Å². The van der Waals surface area contributed by atoms with Crippen molar-refractivity contribution >= 4 is 50.9 Å². The number of urea groups is 1. The third kappa shape index (κ3) is 5.94. The van der Waals surface area contributed by atoms with Gasteiger partial charge in [0.25, 0.3) is 0 Å². The van der Waals surface area contributed by atoms with Crippen molar-refractivity contribution in [2.24, 2.45) is 0 Å². The largest absolute Gasteiger partial charge is 0.492 e. The highest BCUT2D eigenvalue weighted by atomic mass is 79.9. The van der Waals surface area contributed by atoms with Crippen molar-refractivity contribution in [1.82, 2.24) is 5.32 Å². The molecule has 0 aromatic heterocycles. The quantitative estimate of drug-likeness (QED) is 0.622. The van der Waals surface area contributed by atoms with E-state index < -0.39 is 0 Å². The molecular formula is C16H15BrCl2N2O2. The summed E-state index contributed by atoms with van der Waals surface area (Å²) in [5.41, 5.74) is 0.574. The Morgan fingerprint density at radius 3 is 2.65 bits per heavy atom. The van der Waals surface area contributed by atoms with Crippen LogP contribution < -0.4 is 15.4 Å². The lowest BCUT2D eigenvalue weighted by Gasteiger charge is -2.10. The molecule has 4 nitrogen and oxygen atoms in total. The fourth-order valence-corrected chi connectivity index (χ4v) is 2.69. The van der Waals surface area contributed by atoms with Crippen LogP contribution in [0.2, 0.25) is 10.0 Å². The second-order valence-corrected chi connectivity index (χ2v) is 6.37. The Hall–Kier alpha value is -1.43. The van der Waals surface area contributed by atoms with Gasteiger partial charge in [0.05, 0.1) is 22.3 Å². The van der Waals surface area contributed by atoms with Crippen LogP contribution in [0.1, 0.15) is 6.42 Å². The standard InChI is InChI=1S/C16H15BrCl2N2O2/c17-11-6-7-15(13(19)10-11)23-9-3-8-20-16(22)21-14-5-2-1-4-12(14)18/h1-2,4-7,10H,3,8-9H2,(H2,20,21,22). The molecule has 23 heavy (non-hydrogen) atoms. The Balaban J connectivity index is 1.67. The molecule has 0 radical (unpaired) electrons. The summed E-state index contributed by atoms with van der Waals surface area (Å²) in [4.78, 5) is 11.7. The topological polar surface area (TPSA) is 50.4 Å². The Labute approximate surface area is 153 Å². The maximum absolute atomic E-state index is 11.7. The van der Waals surface area contributed by atoms with Crippen molar-refractivity contribution in [3.8, 4) is 5.75 Å². The van der Waals surface area contributed by atoms with Gasteiger partial charge in [0.1, 0.15) is 5.75 Å². The minimum absolute atomic E-state index is 0.306. The first kappa shape index (κ1) is 17.9. The zero-order valence-corrected chi connectivity index (χ0v) is 15.2. The Morgan fingerprint density at radius 1 is 1.13 bits per heavy atom. The van der Waals surface area contributed by atoms with Gasteiger partial charge >= 0.3 is 6.03 Å². The lowest BCUT2D eigenvalue weighted by atomic mass is 10.3. The summed E-state index contributed by atoms with van der Waals surface area (Å²) in [5, 5.41) is 6.47. The Bertz CT molecular complexity index is 683. The van der Waals surface area contributed by atoms with Gasteiger partial charge in [-0.3, -0.25) is 0 Å². The van der Waals surface area contributed by atoms with Crippen LogP contribution in [0.3, 0.4) is 0 Å². The van der Waals surface area contributed by atoms with Crippen LogP contribution in [0.5, 0.6) is 5.75 Å². The number of hydrogen-bond acceptors (Lipinski definition) is 2. The number of rotatable bonds is 6. The first-order valence-corrected chi connectivity index (χ1v) is 8.48. The van der Waals surface area contributed by atoms with Crippen molar-refractivity contribution in [2.75, 3.05) is 18.5 Å². The van der Waals surface area contributed by atoms with E-state index in [4.69, 9.17) is 27.9 Å². The van der Waals surface area contributed by atoms with Crippen LogP contribution in [0, 0.1) is 0 Å². The SMILES string of the molecule is O=C(NCCCOc1ccc(Br)cc1Cl)Nc1ccccc1Cl. The van der Waals surface area contributed by atoms with Gasteiger partial charge in [0.15, 0.2) is 0 Å². The van der Waals surface area contributed by atoms with Gasteiger partial charge in [-0.15, -0.1) is 0 Å². The van der Waals surface area contributed by atoms with Crippen LogP contribution in [-0.4, -0.2) is 19.2 Å². The number of para-hydroxylation sites is 1. The molecule has 0 bridgehead atoms. The van der Waals surface area contributed by atoms with Crippen molar-refractivity contribution < 1.29 is 9.53 Å². The second kappa shape index (κ2) is 9.01. The van der Waals surface area contributed by atoms with Crippen molar-refractivity contribution in [1.29, 1.82) is 0 Å². The van der Waals surface area contributed by atoms with Crippen molar-refractivity contribution in [3.05, 3.63) is 57.0 Å². The molecule has 122 valence electrons. The summed E-state index contributed by atoms with van der Waals surface area (Å²) < 4.78 is 6.46. The molecule has 2 amide bonds. The molecule has 2 N–H and O–H groups in total. The lowest BCUT2D eigenvalue weighted by Crippen LogP contribution is -2.30. The summed E-state index contributed by atoms with van der Waals surface area (Å²) in [5.74, 6) is 0.621. The lowest BCUT2D eigenvalue weighted by molar-refractivity contribution is 0.250. The molecule has 0 atom stereocenters. The molecule has 0 heterocycles. The number of ether oxygens (including phenoxy) is 1. The van der Waals surface area contributed by atoms with E-state index in [-0.39, 0.29) is 6.03 Å². The van der Waals surface area contributed by atoms with E-state index in [1.807, 2.05) is 6.07 Å². The number of halogens is 3. The molecule has 2 aromatic rings. The highest BCUT2D eigenvalue weighted by molar-refractivity contribution is 9.10. The number of nitrogens with one attached hydrogen (secondary N) is 2. The molecule has 0 fully saturated rings. The molecule has 0 aliphatic rings. The smallest absolute Gasteiger partial charge is 0.319 e. The summed E-state index contributed by atoms with van der Waals surface area (Å²) in [6, 6.07) is 12.2. The first-order valence-electron chi connectivity index (χ1n) is 6.93. The molecular weight excluding hydrogens is 403 g/mol. The summed E-state index contributed by atoms with van der Waals surface area (Å²) in [6.45, 7) is 0.929. The molecule has 0 spiro atoms. The number of benzene rings is 2. The minimum atomic E-state index is -0.306. The second-order valence-electron chi connectivity index (χ2n) is 4.64. The average Bonchev–Trinajstić information content (AvgIpc) is 2.51. The fourth-order valence-electron chi connectivity index (χ4n) is 1.78. The van der Waals surface area contributed by atoms with Gasteiger partial charge in [-0.05, 0) is 36.8 Å². The highest BCUT2D eigenvalue weighted by Gasteiger charge is 2.05. The maximum atomic E-state index is 11.7. The van der Waals surface area contributed by atoms with Crippen molar-refractivity contribution in [2.45, 2.75) is 6.42 Å². The fraction of sp³-hybridized carbons (Fsp3) is 0.188. The summed E-state index contributed by atoms with van der Waals surface area (Å²) >= 11 is 15.4. The molecule has 0 aliphatic heterocycles. The van der Waals surface area contributed by atoms with E-state index in [1.165, 1.54) is 0 Å². The first-order chi connectivity index (χ1) is 11.1. The predicted octanol–water partition coefficient (Wildman–Crippen LogP) is 5.35. The number of carbonyl (C=O) groups excluding carboxylic acids is 1. The normalized spacial score (nSPS) is 10.2. The van der Waals surface area contributed by atoms with Crippen molar-refractivity contribution in [3.63, 3.8) is 0 Å². The van der Waals surface area contributed by atoms with Gasteiger partial charge in [-0.1, -0.05) is 51.3 Å². The number of amides is 2. The molecule has 0 unspecified atom stereocenters. The van der Waals surface area contributed by atoms with Gasteiger partial charge in [-0.2, -0.15) is 0 Å². The molecule has 2 aromatic carbocycles. The van der Waals surface area contributed by atoms with E-state index in [0.29, 0.717) is 41.1 Å². The number of hydrogen-bond donors (Lipinski definition) is 2. The molecule has 7 heteroatoms. The zero-order chi connectivity index (χ0) is 16.7. The van der Waals surface area contributed by atoms with Crippen LogP contribution in [0.25, 0.3) is 0 Å². The molecule has 2 rings (SSSR count). The third-order valence-corrected chi connectivity index (χ3v) is 4.00. The van der Waals surface area contributed by atoms with Gasteiger partial charge in [-0.25, -0.2) is 4.79 Å². The van der Waals surface area contributed by atoms with Gasteiger partial charge < -0.3 is 15.4 Å². The Morgan fingerprint density at radius 2 is 1.91 bits per heavy atom. The maximum Gasteiger partial charge on any atom is 0.319 e. The average molecular weight is 418 g/mol. The van der Waals surface area contributed by atoms with Gasteiger partial charge in [0.2, 0.25) is 0 Å². The van der Waals surface area contributed by atoms with E-state index in [2.05, 4.69) is 26.6 Å². The molecule has 0 saturated heterocycles. The van der Waals surface area contributed by atoms with Crippen LogP contribution in [0.4, 0.5) is 10.5 Å². The highest BCUT2D eigenvalue weighted by Crippen LogP contribution is 2.27. The van der Waals surface area contributed by atoms with Gasteiger partial charge in [0, 0.05) is 11.0 Å². The van der Waals surface area contributed by atoms with E-state index in [9.17, 15) is 4.79 Å². The number of carbonyl (C=O) groups is 1.